The molecule has 0 heterocycles. The van der Waals surface area contributed by atoms with Crippen LogP contribution in [0.3, 0.4) is 0 Å². The summed E-state index contributed by atoms with van der Waals surface area (Å²) in [6, 6.07) is 0. The van der Waals surface area contributed by atoms with E-state index >= 15 is 0 Å². The van der Waals surface area contributed by atoms with E-state index in [4.69, 9.17) is 4.74 Å². The number of ketones is 1. The molecule has 4 heteroatoms. The number of carbonyl (C=O) groups is 2. The van der Waals surface area contributed by atoms with Gasteiger partial charge < -0.3 is 4.74 Å². The number of hydrogen-bond acceptors (Lipinski definition) is 4. The summed E-state index contributed by atoms with van der Waals surface area (Å²) in [5, 5.41) is 0. The first-order chi connectivity index (χ1) is 9.13. The molecule has 0 saturated heterocycles. The van der Waals surface area contributed by atoms with Crippen LogP contribution in [0.5, 0.6) is 0 Å². The van der Waals surface area contributed by atoms with Crippen LogP contribution < -0.4 is 0 Å². The Morgan fingerprint density at radius 1 is 1.37 bits per heavy atom. The highest BCUT2D eigenvalue weighted by Crippen LogP contribution is 2.40. The molecule has 0 unspecified atom stereocenters. The number of allylic oxidation sites excluding steroid dienone is 4. The first kappa shape index (κ1) is 16.0. The van der Waals surface area contributed by atoms with Gasteiger partial charge in [0, 0.05) is 11.8 Å². The smallest absolute Gasteiger partial charge is 0.306 e. The van der Waals surface area contributed by atoms with Gasteiger partial charge in [0.2, 0.25) is 0 Å². The topological polar surface area (TPSA) is 43.4 Å². The second-order valence-electron chi connectivity index (χ2n) is 4.49. The maximum atomic E-state index is 12.1. The van der Waals surface area contributed by atoms with Crippen molar-refractivity contribution in [2.45, 2.75) is 33.1 Å². The lowest BCUT2D eigenvalue weighted by Gasteiger charge is -2.19. The largest absolute Gasteiger partial charge is 0.469 e. The minimum atomic E-state index is -0.244. The Hall–Kier alpha value is -1.03. The number of methoxy groups -OCH3 is 1. The van der Waals surface area contributed by atoms with Crippen molar-refractivity contribution < 1.29 is 14.3 Å². The zero-order valence-corrected chi connectivity index (χ0v) is 12.7. The summed E-state index contributed by atoms with van der Waals surface area (Å²) in [6.07, 6.45) is 7.79. The monoisotopic (exact) mass is 282 g/mol. The molecule has 3 nitrogen and oxygen atoms in total. The highest BCUT2D eigenvalue weighted by atomic mass is 32.2. The molecule has 0 amide bonds. The van der Waals surface area contributed by atoms with Crippen LogP contribution >= 0.6 is 11.8 Å². The predicted molar refractivity (Wildman–Crippen MR) is 78.9 cm³/mol. The first-order valence-electron chi connectivity index (χ1n) is 6.74. The van der Waals surface area contributed by atoms with Gasteiger partial charge in [0.1, 0.15) is 0 Å². The van der Waals surface area contributed by atoms with Gasteiger partial charge in [-0.15, -0.1) is 11.8 Å². The molecule has 2 atom stereocenters. The normalized spacial score (nSPS) is 22.9. The second kappa shape index (κ2) is 8.20. The Bertz CT molecular complexity index is 385. The molecule has 0 fully saturated rings. The minimum absolute atomic E-state index is 0.00796. The molecule has 0 aliphatic heterocycles. The van der Waals surface area contributed by atoms with Crippen LogP contribution in [-0.4, -0.2) is 24.6 Å². The summed E-state index contributed by atoms with van der Waals surface area (Å²) in [5.41, 5.74) is 0. The van der Waals surface area contributed by atoms with Crippen LogP contribution in [0, 0.1) is 11.8 Å². The van der Waals surface area contributed by atoms with E-state index in [1.807, 2.05) is 6.08 Å². The molecule has 106 valence electrons. The van der Waals surface area contributed by atoms with Crippen molar-refractivity contribution in [3.8, 4) is 0 Å². The quantitative estimate of drug-likeness (QED) is 0.530. The van der Waals surface area contributed by atoms with E-state index < -0.39 is 0 Å². The molecule has 0 aromatic carbocycles. The number of esters is 1. The Kier molecular flexibility index (Phi) is 6.92. The molecule has 0 N–H and O–H groups in total. The van der Waals surface area contributed by atoms with Crippen molar-refractivity contribution in [1.82, 2.24) is 0 Å². The van der Waals surface area contributed by atoms with E-state index in [0.717, 1.165) is 17.1 Å². The number of hydrogen-bond donors (Lipinski definition) is 0. The summed E-state index contributed by atoms with van der Waals surface area (Å²) in [4.78, 5) is 24.6. The predicted octanol–water partition coefficient (Wildman–Crippen LogP) is 3.36. The Labute approximate surface area is 119 Å². The van der Waals surface area contributed by atoms with E-state index in [2.05, 4.69) is 19.9 Å². The lowest BCUT2D eigenvalue weighted by atomic mass is 9.89. The van der Waals surface area contributed by atoms with Crippen LogP contribution in [0.15, 0.2) is 23.1 Å². The van der Waals surface area contributed by atoms with Gasteiger partial charge in [0.05, 0.1) is 13.5 Å². The number of carbonyl (C=O) groups excluding carboxylic acids is 2. The van der Waals surface area contributed by atoms with Crippen LogP contribution in [0.1, 0.15) is 33.1 Å². The van der Waals surface area contributed by atoms with E-state index in [1.54, 1.807) is 17.8 Å². The molecular weight excluding hydrogens is 260 g/mol. The van der Waals surface area contributed by atoms with Gasteiger partial charge in [0.25, 0.3) is 0 Å². The zero-order valence-electron chi connectivity index (χ0n) is 11.8. The summed E-state index contributed by atoms with van der Waals surface area (Å²) in [7, 11) is 1.39. The summed E-state index contributed by atoms with van der Waals surface area (Å²) < 4.78 is 4.74. The second-order valence-corrected chi connectivity index (χ2v) is 5.83. The van der Waals surface area contributed by atoms with Gasteiger partial charge in [-0.05, 0) is 29.6 Å². The number of thioether (sulfide) groups is 1. The molecular formula is C15H22O3S. The third kappa shape index (κ3) is 4.53. The molecule has 1 aliphatic carbocycles. The van der Waals surface area contributed by atoms with Gasteiger partial charge in [-0.1, -0.05) is 26.0 Å². The van der Waals surface area contributed by atoms with E-state index in [0.29, 0.717) is 12.8 Å². The van der Waals surface area contributed by atoms with Gasteiger partial charge in [-0.3, -0.25) is 9.59 Å². The molecule has 0 aromatic rings. The average Bonchev–Trinajstić information content (AvgIpc) is 2.67. The molecule has 1 rings (SSSR count). The third-order valence-corrected chi connectivity index (χ3v) is 4.26. The SMILES string of the molecule is CC/C=C\C[C@H]1C(=O)C=C(SCC)[C@@H]1CC(=O)OC. The standard InChI is InChI=1S/C15H22O3S/c1-4-6-7-8-11-12(9-15(17)18-3)14(19-5-2)10-13(11)16/h6-7,10-12H,4-5,8-9H2,1-3H3/b7-6-/t11-,12-/m1/s1. The van der Waals surface area contributed by atoms with Crippen LogP contribution in [-0.2, 0) is 14.3 Å². The molecule has 19 heavy (non-hydrogen) atoms. The van der Waals surface area contributed by atoms with E-state index in [9.17, 15) is 9.59 Å². The van der Waals surface area contributed by atoms with Crippen molar-refractivity contribution in [2.24, 2.45) is 11.8 Å². The third-order valence-electron chi connectivity index (χ3n) is 3.22. The number of ether oxygens (including phenoxy) is 1. The van der Waals surface area contributed by atoms with E-state index in [-0.39, 0.29) is 23.6 Å². The van der Waals surface area contributed by atoms with Crippen molar-refractivity contribution in [3.63, 3.8) is 0 Å². The van der Waals surface area contributed by atoms with Crippen LogP contribution in [0.4, 0.5) is 0 Å². The average molecular weight is 282 g/mol. The molecule has 1 aliphatic rings. The van der Waals surface area contributed by atoms with Gasteiger partial charge >= 0.3 is 5.97 Å². The summed E-state index contributed by atoms with van der Waals surface area (Å²) >= 11 is 1.65. The fraction of sp³-hybridized carbons (Fsp3) is 0.600. The van der Waals surface area contributed by atoms with E-state index in [1.165, 1.54) is 7.11 Å². The Morgan fingerprint density at radius 2 is 2.11 bits per heavy atom. The first-order valence-corrected chi connectivity index (χ1v) is 7.72. The number of rotatable bonds is 7. The minimum Gasteiger partial charge on any atom is -0.469 e. The molecule has 0 bridgehead atoms. The van der Waals surface area contributed by atoms with Crippen LogP contribution in [0.25, 0.3) is 0 Å². The molecule has 0 aromatic heterocycles. The van der Waals surface area contributed by atoms with Gasteiger partial charge in [-0.25, -0.2) is 0 Å². The van der Waals surface area contributed by atoms with Crippen molar-refractivity contribution in [1.29, 1.82) is 0 Å². The molecule has 0 saturated carbocycles. The van der Waals surface area contributed by atoms with Gasteiger partial charge in [0.15, 0.2) is 5.78 Å². The highest BCUT2D eigenvalue weighted by Gasteiger charge is 2.36. The van der Waals surface area contributed by atoms with Crippen molar-refractivity contribution >= 4 is 23.5 Å². The maximum absolute atomic E-state index is 12.1. The Morgan fingerprint density at radius 3 is 2.68 bits per heavy atom. The van der Waals surface area contributed by atoms with Crippen molar-refractivity contribution in [2.75, 3.05) is 12.9 Å². The molecule has 0 spiro atoms. The lowest BCUT2D eigenvalue weighted by Crippen LogP contribution is -2.20. The van der Waals surface area contributed by atoms with Gasteiger partial charge in [-0.2, -0.15) is 0 Å². The summed E-state index contributed by atoms with van der Waals surface area (Å²) in [5.74, 6) is 0.702. The van der Waals surface area contributed by atoms with Crippen molar-refractivity contribution in [3.05, 3.63) is 23.1 Å². The summed E-state index contributed by atoms with van der Waals surface area (Å²) in [6.45, 7) is 4.12. The lowest BCUT2D eigenvalue weighted by molar-refractivity contribution is -0.141. The fourth-order valence-electron chi connectivity index (χ4n) is 2.26. The molecule has 0 radical (unpaired) electrons. The maximum Gasteiger partial charge on any atom is 0.306 e. The highest BCUT2D eigenvalue weighted by molar-refractivity contribution is 8.03. The zero-order chi connectivity index (χ0) is 14.3. The Balaban J connectivity index is 2.79. The fourth-order valence-corrected chi connectivity index (χ4v) is 3.26. The van der Waals surface area contributed by atoms with Crippen LogP contribution in [0.2, 0.25) is 0 Å².